The lowest BCUT2D eigenvalue weighted by Crippen LogP contribution is -2.43. The molecule has 4 aromatic rings. The second-order valence-corrected chi connectivity index (χ2v) is 10.8. The molecule has 1 aliphatic heterocycles. The number of imidazole rings is 1. The Hall–Kier alpha value is -4.04. The highest BCUT2D eigenvalue weighted by Crippen LogP contribution is 2.33. The topological polar surface area (TPSA) is 102 Å². The Kier molecular flexibility index (Phi) is 8.26. The molecular formula is C32H39N7O. The van der Waals surface area contributed by atoms with Crippen molar-refractivity contribution in [3.63, 3.8) is 0 Å². The number of rotatable bonds is 5. The molecule has 0 bridgehead atoms. The lowest BCUT2D eigenvalue weighted by Gasteiger charge is -2.30. The Labute approximate surface area is 236 Å². The Balaban J connectivity index is 0.000000227. The van der Waals surface area contributed by atoms with Gasteiger partial charge in [-0.2, -0.15) is 0 Å². The zero-order valence-corrected chi connectivity index (χ0v) is 23.7. The van der Waals surface area contributed by atoms with Crippen LogP contribution in [0.15, 0.2) is 61.3 Å². The van der Waals surface area contributed by atoms with Crippen molar-refractivity contribution < 1.29 is 4.79 Å². The first-order valence-corrected chi connectivity index (χ1v) is 14.2. The summed E-state index contributed by atoms with van der Waals surface area (Å²) in [5.41, 5.74) is 13.8. The number of nitrogens with one attached hydrogen (secondary N) is 1. The van der Waals surface area contributed by atoms with Crippen molar-refractivity contribution in [2.45, 2.75) is 57.9 Å². The van der Waals surface area contributed by atoms with Gasteiger partial charge in [-0.05, 0) is 98.7 Å². The molecule has 0 saturated carbocycles. The predicted octanol–water partition coefficient (Wildman–Crippen LogP) is 5.06. The number of carbonyl (C=O) groups is 1. The Morgan fingerprint density at radius 2 is 1.88 bits per heavy atom. The van der Waals surface area contributed by atoms with Crippen LogP contribution in [0.25, 0.3) is 28.2 Å². The number of aromatic nitrogens is 4. The monoisotopic (exact) mass is 537 g/mol. The number of fused-ring (bicyclic) bond motifs is 2. The van der Waals surface area contributed by atoms with E-state index in [0.29, 0.717) is 17.8 Å². The van der Waals surface area contributed by atoms with Crippen LogP contribution in [-0.4, -0.2) is 56.5 Å². The Morgan fingerprint density at radius 1 is 1.10 bits per heavy atom. The van der Waals surface area contributed by atoms with Gasteiger partial charge >= 0.3 is 0 Å². The van der Waals surface area contributed by atoms with E-state index in [1.807, 2.05) is 24.1 Å². The first-order chi connectivity index (χ1) is 19.4. The smallest absolute Gasteiger partial charge is 0.245 e. The molecule has 1 fully saturated rings. The minimum absolute atomic E-state index is 0.0598. The highest BCUT2D eigenvalue weighted by Gasteiger charge is 2.21. The molecule has 0 unspecified atom stereocenters. The molecule has 208 valence electrons. The fourth-order valence-corrected chi connectivity index (χ4v) is 5.54. The molecule has 1 saturated heterocycles. The standard InChI is InChI=1S/C23H23N5.C9H16N2O/c1-14(2)19-10-11-20-23(26-19)28(17-9-8-15-5-3-6-16(15)13-17)22(27-20)18-7-4-12-25-21(18)24;1-3-9(12)11-6-4-8(10-2)5-7-11/h4,7-14H,3,5-6H2,1-2H3,(H2,24,25);3,8,10H,1,4-7H2,2H3. The van der Waals surface area contributed by atoms with Gasteiger partial charge in [-0.3, -0.25) is 9.36 Å². The van der Waals surface area contributed by atoms with Crippen LogP contribution in [0.5, 0.6) is 0 Å². The van der Waals surface area contributed by atoms with Crippen molar-refractivity contribution in [3.8, 4) is 17.1 Å². The van der Waals surface area contributed by atoms with Crippen LogP contribution in [0.4, 0.5) is 5.82 Å². The molecule has 0 radical (unpaired) electrons. The predicted molar refractivity (Wildman–Crippen MR) is 161 cm³/mol. The summed E-state index contributed by atoms with van der Waals surface area (Å²) in [5.74, 6) is 1.67. The summed E-state index contributed by atoms with van der Waals surface area (Å²) in [4.78, 5) is 27.1. The zero-order chi connectivity index (χ0) is 28.2. The summed E-state index contributed by atoms with van der Waals surface area (Å²) in [6.45, 7) is 9.50. The number of carbonyl (C=O) groups excluding carboxylic acids is 1. The molecule has 8 nitrogen and oxygen atoms in total. The van der Waals surface area contributed by atoms with Crippen molar-refractivity contribution in [2.75, 3.05) is 25.9 Å². The lowest BCUT2D eigenvalue weighted by atomic mass is 10.1. The maximum atomic E-state index is 11.1. The molecule has 6 rings (SSSR count). The van der Waals surface area contributed by atoms with Crippen LogP contribution in [0, 0.1) is 0 Å². The number of pyridine rings is 2. The van der Waals surface area contributed by atoms with Crippen molar-refractivity contribution in [1.82, 2.24) is 29.7 Å². The van der Waals surface area contributed by atoms with E-state index in [2.05, 4.69) is 65.6 Å². The van der Waals surface area contributed by atoms with Gasteiger partial charge in [0, 0.05) is 36.7 Å². The summed E-state index contributed by atoms with van der Waals surface area (Å²) in [7, 11) is 1.97. The van der Waals surface area contributed by atoms with Crippen molar-refractivity contribution in [2.24, 2.45) is 0 Å². The van der Waals surface area contributed by atoms with Crippen LogP contribution in [-0.2, 0) is 17.6 Å². The van der Waals surface area contributed by atoms with E-state index >= 15 is 0 Å². The summed E-state index contributed by atoms with van der Waals surface area (Å²) in [5, 5.41) is 3.22. The number of benzene rings is 1. The van der Waals surface area contributed by atoms with E-state index in [4.69, 9.17) is 15.7 Å². The van der Waals surface area contributed by atoms with E-state index in [1.54, 1.807) is 6.20 Å². The van der Waals surface area contributed by atoms with Gasteiger partial charge in [0.05, 0.1) is 5.56 Å². The normalized spacial score (nSPS) is 15.2. The lowest BCUT2D eigenvalue weighted by molar-refractivity contribution is -0.127. The minimum Gasteiger partial charge on any atom is -0.383 e. The van der Waals surface area contributed by atoms with Gasteiger partial charge in [0.15, 0.2) is 11.5 Å². The Bertz CT molecular complexity index is 1520. The summed E-state index contributed by atoms with van der Waals surface area (Å²) < 4.78 is 2.13. The molecule has 0 atom stereocenters. The van der Waals surface area contributed by atoms with E-state index in [1.165, 1.54) is 30.0 Å². The number of anilines is 1. The van der Waals surface area contributed by atoms with Gasteiger partial charge in [-0.15, -0.1) is 0 Å². The number of nitrogens with two attached hydrogens (primary N) is 1. The number of likely N-dealkylation sites (tertiary alicyclic amines) is 1. The third-order valence-electron chi connectivity index (χ3n) is 7.93. The van der Waals surface area contributed by atoms with Crippen LogP contribution >= 0.6 is 0 Å². The van der Waals surface area contributed by atoms with Gasteiger partial charge < -0.3 is 16.0 Å². The average Bonchev–Trinajstić information content (AvgIpc) is 3.61. The second-order valence-electron chi connectivity index (χ2n) is 10.8. The number of nitrogen functional groups attached to an aromatic ring is 1. The maximum absolute atomic E-state index is 11.1. The second kappa shape index (κ2) is 12.0. The fraction of sp³-hybridized carbons (Fsp3) is 0.375. The van der Waals surface area contributed by atoms with E-state index in [9.17, 15) is 4.79 Å². The number of amides is 1. The highest BCUT2D eigenvalue weighted by atomic mass is 16.2. The molecule has 40 heavy (non-hydrogen) atoms. The summed E-state index contributed by atoms with van der Waals surface area (Å²) in [6, 6.07) is 15.3. The van der Waals surface area contributed by atoms with Crippen LogP contribution in [0.3, 0.4) is 0 Å². The summed E-state index contributed by atoms with van der Waals surface area (Å²) >= 11 is 0. The SMILES string of the molecule is C=CC(=O)N1CCC(NC)CC1.CC(C)c1ccc2nc(-c3cccnc3N)n(-c3ccc4c(c3)CCC4)c2n1. The van der Waals surface area contributed by atoms with Crippen LogP contribution in [0.2, 0.25) is 0 Å². The first kappa shape index (κ1) is 27.5. The Morgan fingerprint density at radius 3 is 2.58 bits per heavy atom. The largest absolute Gasteiger partial charge is 0.383 e. The molecule has 0 spiro atoms. The van der Waals surface area contributed by atoms with E-state index < -0.39 is 0 Å². The molecule has 1 aromatic carbocycles. The molecule has 3 aromatic heterocycles. The molecule has 1 aliphatic carbocycles. The molecule has 8 heteroatoms. The quantitative estimate of drug-likeness (QED) is 0.345. The highest BCUT2D eigenvalue weighted by molar-refractivity contribution is 5.87. The number of hydrogen-bond acceptors (Lipinski definition) is 6. The van der Waals surface area contributed by atoms with Crippen molar-refractivity contribution in [1.29, 1.82) is 0 Å². The van der Waals surface area contributed by atoms with E-state index in [-0.39, 0.29) is 5.91 Å². The minimum atomic E-state index is 0.0598. The van der Waals surface area contributed by atoms with Crippen molar-refractivity contribution in [3.05, 3.63) is 78.1 Å². The van der Waals surface area contributed by atoms with Gasteiger partial charge in [0.2, 0.25) is 5.91 Å². The number of aryl methyl sites for hydroxylation is 2. The molecule has 4 heterocycles. The van der Waals surface area contributed by atoms with Crippen molar-refractivity contribution >= 4 is 22.9 Å². The van der Waals surface area contributed by atoms with Gasteiger partial charge in [-0.1, -0.05) is 26.5 Å². The summed E-state index contributed by atoms with van der Waals surface area (Å²) in [6.07, 6.45) is 8.72. The molecule has 1 amide bonds. The van der Waals surface area contributed by atoms with Gasteiger partial charge in [-0.25, -0.2) is 15.0 Å². The molecule has 2 aliphatic rings. The third-order valence-corrected chi connectivity index (χ3v) is 7.93. The zero-order valence-electron chi connectivity index (χ0n) is 23.7. The number of hydrogen-bond donors (Lipinski definition) is 2. The number of nitrogens with zero attached hydrogens (tertiary/aromatic N) is 5. The van der Waals surface area contributed by atoms with E-state index in [0.717, 1.165) is 66.3 Å². The first-order valence-electron chi connectivity index (χ1n) is 14.2. The number of piperidine rings is 1. The van der Waals surface area contributed by atoms with Gasteiger partial charge in [0.25, 0.3) is 0 Å². The third kappa shape index (κ3) is 5.63. The fourth-order valence-electron chi connectivity index (χ4n) is 5.54. The van der Waals surface area contributed by atoms with Crippen LogP contribution < -0.4 is 11.1 Å². The van der Waals surface area contributed by atoms with Crippen LogP contribution in [0.1, 0.15) is 55.8 Å². The molecular weight excluding hydrogens is 498 g/mol. The average molecular weight is 538 g/mol. The molecule has 3 N–H and O–H groups in total. The van der Waals surface area contributed by atoms with Gasteiger partial charge in [0.1, 0.15) is 11.3 Å². The maximum Gasteiger partial charge on any atom is 0.245 e.